The van der Waals surface area contributed by atoms with Gasteiger partial charge in [-0.3, -0.25) is 24.0 Å². The van der Waals surface area contributed by atoms with Gasteiger partial charge in [0.25, 0.3) is 0 Å². The molecular weight excluding hydrogens is 1650 g/mol. The lowest BCUT2D eigenvalue weighted by molar-refractivity contribution is -0.243. The Morgan fingerprint density at radius 3 is 0.901 bits per heavy atom. The third-order valence-electron chi connectivity index (χ3n) is 38.6. The second kappa shape index (κ2) is 41.4. The average molecular weight is 1840 g/mol. The molecule has 20 aliphatic rings. The van der Waals surface area contributed by atoms with Gasteiger partial charge in [-0.15, -0.1) is 0 Å². The molecular formula is C111H182O20. The van der Waals surface area contributed by atoms with E-state index in [9.17, 15) is 47.9 Å². The molecule has 20 fully saturated rings. The summed E-state index contributed by atoms with van der Waals surface area (Å²) in [6.45, 7) is 53.3. The van der Waals surface area contributed by atoms with E-state index in [-0.39, 0.29) is 144 Å². The lowest BCUT2D eigenvalue weighted by Gasteiger charge is -2.65. The van der Waals surface area contributed by atoms with Crippen LogP contribution in [-0.4, -0.2) is 122 Å². The highest BCUT2D eigenvalue weighted by Crippen LogP contribution is 2.73. The van der Waals surface area contributed by atoms with Crippen molar-refractivity contribution >= 4 is 59.7 Å². The highest BCUT2D eigenvalue weighted by molar-refractivity contribution is 5.82. The van der Waals surface area contributed by atoms with Gasteiger partial charge in [0.2, 0.25) is 0 Å². The second-order valence-corrected chi connectivity index (χ2v) is 51.0. The zero-order valence-electron chi connectivity index (χ0n) is 86.9. The van der Waals surface area contributed by atoms with Gasteiger partial charge in [0.1, 0.15) is 29.0 Å². The molecule has 746 valence electrons. The predicted molar refractivity (Wildman–Crippen MR) is 507 cm³/mol. The molecule has 0 N–H and O–H groups in total. The highest BCUT2D eigenvalue weighted by Gasteiger charge is 2.69. The molecule has 0 aromatic carbocycles. The van der Waals surface area contributed by atoms with Crippen molar-refractivity contribution in [1.29, 1.82) is 0 Å². The summed E-state index contributed by atoms with van der Waals surface area (Å²) in [6.07, 6.45) is 41.1. The number of rotatable bonds is 35. The average Bonchev–Trinajstić information content (AvgIpc) is 0.713. The molecule has 0 aromatic rings. The maximum absolute atomic E-state index is 12.8. The van der Waals surface area contributed by atoms with Crippen molar-refractivity contribution in [1.82, 2.24) is 0 Å². The molecule has 131 heavy (non-hydrogen) atoms. The summed E-state index contributed by atoms with van der Waals surface area (Å²) in [5, 5.41) is 0. The van der Waals surface area contributed by atoms with Crippen LogP contribution in [0.25, 0.3) is 0 Å². The number of ether oxygens (including phenoxy) is 10. The molecule has 20 rings (SSSR count). The largest absolute Gasteiger partial charge is 0.459 e. The molecule has 0 aromatic heterocycles. The van der Waals surface area contributed by atoms with Crippen LogP contribution in [0.4, 0.5) is 0 Å². The van der Waals surface area contributed by atoms with E-state index in [4.69, 9.17) is 47.4 Å². The van der Waals surface area contributed by atoms with Gasteiger partial charge < -0.3 is 47.4 Å². The number of hydrogen-bond acceptors (Lipinski definition) is 20. The predicted octanol–water partition coefficient (Wildman–Crippen LogP) is 24.4. The quantitative estimate of drug-likeness (QED) is 0.0421. The third kappa shape index (κ3) is 22.8. The van der Waals surface area contributed by atoms with Crippen molar-refractivity contribution in [3.8, 4) is 0 Å². The maximum atomic E-state index is 12.8. The topological polar surface area (TPSA) is 263 Å². The van der Waals surface area contributed by atoms with E-state index in [1.165, 1.54) is 148 Å². The molecule has 0 amide bonds. The lowest BCUT2D eigenvalue weighted by Crippen LogP contribution is -2.65. The summed E-state index contributed by atoms with van der Waals surface area (Å²) >= 11 is 0. The summed E-state index contributed by atoms with van der Waals surface area (Å²) in [7, 11) is 0. The Labute approximate surface area is 791 Å². The molecule has 20 heteroatoms. The van der Waals surface area contributed by atoms with Crippen molar-refractivity contribution in [2.45, 2.75) is 447 Å². The first kappa shape index (κ1) is 106. The number of carbonyl (C=O) groups is 10. The Hall–Kier alpha value is -5.30. The second-order valence-electron chi connectivity index (χ2n) is 51.0. The number of esters is 10. The molecule has 20 nitrogen and oxygen atoms in total. The minimum Gasteiger partial charge on any atom is -0.459 e. The third-order valence-corrected chi connectivity index (χ3v) is 38.6. The van der Waals surface area contributed by atoms with E-state index in [2.05, 4.69) is 90.0 Å². The molecule has 0 heterocycles. The summed E-state index contributed by atoms with van der Waals surface area (Å²) < 4.78 is 57.0. The first-order valence-corrected chi connectivity index (χ1v) is 53.1. The fraction of sp³-hybridized carbons (Fsp3) is 0.910. The molecule has 0 aliphatic heterocycles. The van der Waals surface area contributed by atoms with Crippen LogP contribution in [0.3, 0.4) is 0 Å². The SMILES string of the molecule is CCC(C)(C)C(=O)OCC(=O)OC1C2CC3CC(C)(C2)CC1(C(C)C)C3.CCC(C)C(=O)OCC(=O)OC1C2CC3CC(C)(C2)CC1(C(C)C)C3.CCC(C)C1(OC(=O)COC(=O)C(C)(C)CC)C2CC3CC1CC(C)(C3)C2.CCCCC1(OC(=O)COC(=O)C(C)(C)CC)C2CC3CC1CC(C)(C3)C2.CCCCC1(OC(=O)COC(=O)C(C)CC)C2CC3CC1CC(C)(C3)C2. The molecule has 20 aliphatic carbocycles. The molecule has 0 spiro atoms. The molecule has 20 bridgehead atoms. The fourth-order valence-electron chi connectivity index (χ4n) is 31.4. The summed E-state index contributed by atoms with van der Waals surface area (Å²) in [5.41, 5.74) is -0.332. The number of hydrogen-bond donors (Lipinski definition) is 0. The van der Waals surface area contributed by atoms with Crippen molar-refractivity contribution in [2.75, 3.05) is 33.0 Å². The summed E-state index contributed by atoms with van der Waals surface area (Å²) in [5.74, 6) is 5.35. The fourth-order valence-corrected chi connectivity index (χ4v) is 31.4. The highest BCUT2D eigenvalue weighted by atomic mass is 16.6. The van der Waals surface area contributed by atoms with Crippen molar-refractivity contribution in [2.24, 2.45) is 161 Å². The Balaban J connectivity index is 0.000000158. The Kier molecular flexibility index (Phi) is 33.5. The van der Waals surface area contributed by atoms with Gasteiger partial charge >= 0.3 is 59.7 Å². The van der Waals surface area contributed by atoms with E-state index in [1.807, 2.05) is 90.0 Å². The van der Waals surface area contributed by atoms with Gasteiger partial charge in [-0.25, -0.2) is 24.0 Å². The molecule has 0 saturated heterocycles. The van der Waals surface area contributed by atoms with Gasteiger partial charge in [0, 0.05) is 22.7 Å². The molecule has 20 saturated carbocycles. The zero-order chi connectivity index (χ0) is 96.6. The summed E-state index contributed by atoms with van der Waals surface area (Å²) in [6, 6.07) is 0. The first-order chi connectivity index (χ1) is 61.2. The smallest absolute Gasteiger partial charge is 0.344 e. The van der Waals surface area contributed by atoms with Crippen LogP contribution in [0.2, 0.25) is 0 Å². The minimum atomic E-state index is -0.564. The van der Waals surface area contributed by atoms with E-state index in [0.29, 0.717) is 111 Å². The lowest BCUT2D eigenvalue weighted by atomic mass is 9.41. The van der Waals surface area contributed by atoms with Crippen LogP contribution in [0, 0.1) is 161 Å². The van der Waals surface area contributed by atoms with E-state index in [1.54, 1.807) is 0 Å². The molecule has 19 unspecified atom stereocenters. The number of unbranched alkanes of at least 4 members (excludes halogenated alkanes) is 2. The minimum absolute atomic E-state index is 0.00748. The normalized spacial score (nSPS) is 38.6. The van der Waals surface area contributed by atoms with Crippen molar-refractivity contribution in [3.63, 3.8) is 0 Å². The van der Waals surface area contributed by atoms with Crippen molar-refractivity contribution < 1.29 is 95.3 Å². The Morgan fingerprint density at radius 2 is 0.611 bits per heavy atom. The van der Waals surface area contributed by atoms with Gasteiger partial charge in [0.05, 0.1) is 28.1 Å². The zero-order valence-corrected chi connectivity index (χ0v) is 86.9. The van der Waals surface area contributed by atoms with Crippen LogP contribution in [0.5, 0.6) is 0 Å². The van der Waals surface area contributed by atoms with Gasteiger partial charge in [0.15, 0.2) is 33.0 Å². The van der Waals surface area contributed by atoms with Crippen LogP contribution in [0.1, 0.15) is 418 Å². The first-order valence-electron chi connectivity index (χ1n) is 53.1. The summed E-state index contributed by atoms with van der Waals surface area (Å²) in [4.78, 5) is 123. The maximum Gasteiger partial charge on any atom is 0.344 e. The van der Waals surface area contributed by atoms with Crippen LogP contribution < -0.4 is 0 Å². The Bertz CT molecular complexity index is 3950. The molecule has 0 radical (unpaired) electrons. The van der Waals surface area contributed by atoms with Gasteiger partial charge in [-0.1, -0.05) is 151 Å². The van der Waals surface area contributed by atoms with E-state index in [0.717, 1.165) is 100 Å². The Morgan fingerprint density at radius 1 is 0.321 bits per heavy atom. The van der Waals surface area contributed by atoms with Gasteiger partial charge in [-0.05, 0) is 376 Å². The van der Waals surface area contributed by atoms with Crippen LogP contribution in [0.15, 0.2) is 0 Å². The van der Waals surface area contributed by atoms with E-state index < -0.39 is 16.2 Å². The van der Waals surface area contributed by atoms with Crippen molar-refractivity contribution in [3.05, 3.63) is 0 Å². The van der Waals surface area contributed by atoms with Crippen LogP contribution in [-0.2, 0) is 95.3 Å². The van der Waals surface area contributed by atoms with Crippen LogP contribution >= 0.6 is 0 Å². The monoisotopic (exact) mass is 1840 g/mol. The molecule has 19 atom stereocenters. The van der Waals surface area contributed by atoms with E-state index >= 15 is 0 Å². The standard InChI is InChI=1S/2C23H38O4.2C22H36O4.C21H34O4/c1-7-15(3)23(27-19(24)14-26-20(25)21(4,5)8-2)17-9-16-10-18(23)13-22(6,11-16)12-17;1-6-8-9-23(27-19(24)15-26-20(25)21(3,4)7-2)17-10-16-11-18(23)14-22(5,12-16)13-17;1-7-20(4,5)19(24)25-12-17(23)26-18-16-8-15-9-21(6,11-16)13-22(18,10-15)14(2)3;1-5-7-8-22(26-19(23)14-25-20(24)15(3)6-2)17-9-16-10-18(22)13-21(4,11-16)12-17;1-6-14(4)19(23)24-11-17(22)25-18-16-7-15-8-20(5,10-16)12-21(18,9-15)13(2)3/h15-18H,7-14H2,1-6H3;16-18H,6-15H2,1-5H3;14-16,18H,7-13H2,1-6H3;15-18H,5-14H2,1-4H3;13-16,18H,6-12H2,1-5H3. The van der Waals surface area contributed by atoms with Gasteiger partial charge in [-0.2, -0.15) is 0 Å². The number of carbonyl (C=O) groups excluding carboxylic acids is 10.